The normalized spacial score (nSPS) is 24.1. The second-order valence-corrected chi connectivity index (χ2v) is 7.59. The predicted molar refractivity (Wildman–Crippen MR) is 93.0 cm³/mol. The highest BCUT2D eigenvalue weighted by Crippen LogP contribution is 2.22. The number of amides is 1. The summed E-state index contributed by atoms with van der Waals surface area (Å²) in [5.74, 6) is 2.62. The number of thioether (sulfide) groups is 1. The molecule has 1 N–H and O–H groups in total. The van der Waals surface area contributed by atoms with E-state index in [4.69, 9.17) is 0 Å². The van der Waals surface area contributed by atoms with Crippen molar-refractivity contribution in [2.45, 2.75) is 50.7 Å². The molecule has 3 nitrogen and oxygen atoms in total. The van der Waals surface area contributed by atoms with Crippen molar-refractivity contribution in [3.8, 4) is 0 Å². The molecule has 22 heavy (non-hydrogen) atoms. The Morgan fingerprint density at radius 2 is 1.91 bits per heavy atom. The standard InChI is InChI=1S/C18H26N2OS/c21-18(19-16-9-12-22-13-10-16)17-8-4-5-11-20(17)14-15-6-2-1-3-7-15/h1-3,6-7,16-17H,4-5,8-14H2,(H,19,21). The average molecular weight is 318 g/mol. The third-order valence-corrected chi connectivity index (χ3v) is 5.76. The number of carbonyl (C=O) groups excluding carboxylic acids is 1. The Kier molecular flexibility index (Phi) is 5.79. The molecule has 2 fully saturated rings. The Balaban J connectivity index is 1.60. The third-order valence-electron chi connectivity index (χ3n) is 4.71. The van der Waals surface area contributed by atoms with Gasteiger partial charge >= 0.3 is 0 Å². The molecule has 120 valence electrons. The van der Waals surface area contributed by atoms with Crippen LogP contribution in [0.2, 0.25) is 0 Å². The fraction of sp³-hybridized carbons (Fsp3) is 0.611. The van der Waals surface area contributed by atoms with Crippen LogP contribution in [-0.2, 0) is 11.3 Å². The van der Waals surface area contributed by atoms with Crippen molar-refractivity contribution < 1.29 is 4.79 Å². The molecule has 1 unspecified atom stereocenters. The quantitative estimate of drug-likeness (QED) is 0.926. The summed E-state index contributed by atoms with van der Waals surface area (Å²) in [6, 6.07) is 11.0. The molecule has 4 heteroatoms. The molecule has 0 spiro atoms. The zero-order valence-electron chi connectivity index (χ0n) is 13.2. The van der Waals surface area contributed by atoms with Crippen LogP contribution in [0.25, 0.3) is 0 Å². The molecule has 1 aromatic rings. The minimum Gasteiger partial charge on any atom is -0.352 e. The van der Waals surface area contributed by atoms with E-state index in [9.17, 15) is 4.79 Å². The van der Waals surface area contributed by atoms with Gasteiger partial charge in [0.2, 0.25) is 5.91 Å². The van der Waals surface area contributed by atoms with Gasteiger partial charge in [0.1, 0.15) is 0 Å². The van der Waals surface area contributed by atoms with Gasteiger partial charge in [0, 0.05) is 12.6 Å². The van der Waals surface area contributed by atoms with Gasteiger partial charge in [-0.05, 0) is 49.3 Å². The van der Waals surface area contributed by atoms with Crippen LogP contribution in [0, 0.1) is 0 Å². The van der Waals surface area contributed by atoms with Crippen LogP contribution in [0.4, 0.5) is 0 Å². The molecule has 1 amide bonds. The lowest BCUT2D eigenvalue weighted by molar-refractivity contribution is -0.128. The van der Waals surface area contributed by atoms with Crippen molar-refractivity contribution in [1.82, 2.24) is 10.2 Å². The number of rotatable bonds is 4. The summed E-state index contributed by atoms with van der Waals surface area (Å²) < 4.78 is 0. The number of hydrogen-bond donors (Lipinski definition) is 1. The van der Waals surface area contributed by atoms with Crippen molar-refractivity contribution in [3.63, 3.8) is 0 Å². The molecule has 1 aromatic carbocycles. The third kappa shape index (κ3) is 4.26. The first-order chi connectivity index (χ1) is 10.8. The SMILES string of the molecule is O=C(NC1CCSCC1)C1CCCCN1Cc1ccccc1. The second kappa shape index (κ2) is 8.02. The maximum absolute atomic E-state index is 12.7. The predicted octanol–water partition coefficient (Wildman–Crippen LogP) is 3.05. The van der Waals surface area contributed by atoms with E-state index < -0.39 is 0 Å². The van der Waals surface area contributed by atoms with Gasteiger partial charge in [-0.3, -0.25) is 9.69 Å². The van der Waals surface area contributed by atoms with Crippen LogP contribution in [0.3, 0.4) is 0 Å². The van der Waals surface area contributed by atoms with E-state index in [1.165, 1.54) is 29.9 Å². The lowest BCUT2D eigenvalue weighted by Gasteiger charge is -2.36. The topological polar surface area (TPSA) is 32.3 Å². The molecular formula is C18H26N2OS. The summed E-state index contributed by atoms with van der Waals surface area (Å²) in [4.78, 5) is 15.1. The minimum absolute atomic E-state index is 0.0588. The maximum atomic E-state index is 12.7. The van der Waals surface area contributed by atoms with Gasteiger partial charge in [-0.25, -0.2) is 0 Å². The average Bonchev–Trinajstić information content (AvgIpc) is 2.57. The molecular weight excluding hydrogens is 292 g/mol. The summed E-state index contributed by atoms with van der Waals surface area (Å²) in [7, 11) is 0. The van der Waals surface area contributed by atoms with Gasteiger partial charge < -0.3 is 5.32 Å². The zero-order valence-corrected chi connectivity index (χ0v) is 14.0. The number of hydrogen-bond acceptors (Lipinski definition) is 3. The van der Waals surface area contributed by atoms with Crippen LogP contribution in [0.5, 0.6) is 0 Å². The lowest BCUT2D eigenvalue weighted by Crippen LogP contribution is -2.51. The van der Waals surface area contributed by atoms with Crippen molar-refractivity contribution in [2.24, 2.45) is 0 Å². The molecule has 2 heterocycles. The molecule has 2 saturated heterocycles. The molecule has 0 aliphatic carbocycles. The van der Waals surface area contributed by atoms with Crippen LogP contribution >= 0.6 is 11.8 Å². The molecule has 0 aromatic heterocycles. The van der Waals surface area contributed by atoms with Gasteiger partial charge in [-0.1, -0.05) is 36.8 Å². The van der Waals surface area contributed by atoms with E-state index in [0.717, 1.165) is 32.4 Å². The van der Waals surface area contributed by atoms with Gasteiger partial charge in [0.15, 0.2) is 0 Å². The molecule has 2 aliphatic heterocycles. The van der Waals surface area contributed by atoms with E-state index in [1.807, 2.05) is 17.8 Å². The highest BCUT2D eigenvalue weighted by Gasteiger charge is 2.30. The van der Waals surface area contributed by atoms with E-state index in [-0.39, 0.29) is 11.9 Å². The number of piperidine rings is 1. The highest BCUT2D eigenvalue weighted by atomic mass is 32.2. The zero-order chi connectivity index (χ0) is 15.2. The van der Waals surface area contributed by atoms with E-state index >= 15 is 0 Å². The highest BCUT2D eigenvalue weighted by molar-refractivity contribution is 7.99. The number of benzene rings is 1. The summed E-state index contributed by atoms with van der Waals surface area (Å²) >= 11 is 2.00. The fourth-order valence-corrected chi connectivity index (χ4v) is 4.54. The van der Waals surface area contributed by atoms with Gasteiger partial charge in [-0.15, -0.1) is 0 Å². The largest absolute Gasteiger partial charge is 0.352 e. The first kappa shape index (κ1) is 15.9. The molecule has 1 atom stereocenters. The van der Waals surface area contributed by atoms with Crippen LogP contribution < -0.4 is 5.32 Å². The van der Waals surface area contributed by atoms with Gasteiger partial charge in [0.05, 0.1) is 6.04 Å². The second-order valence-electron chi connectivity index (χ2n) is 6.36. The van der Waals surface area contributed by atoms with Crippen molar-refractivity contribution in [1.29, 1.82) is 0 Å². The van der Waals surface area contributed by atoms with Gasteiger partial charge in [0.25, 0.3) is 0 Å². The number of likely N-dealkylation sites (tertiary alicyclic amines) is 1. The van der Waals surface area contributed by atoms with Crippen LogP contribution in [-0.4, -0.2) is 40.9 Å². The minimum atomic E-state index is 0.0588. The molecule has 3 rings (SSSR count). The number of nitrogens with one attached hydrogen (secondary N) is 1. The molecule has 0 bridgehead atoms. The van der Waals surface area contributed by atoms with E-state index in [0.29, 0.717) is 6.04 Å². The molecule has 0 radical (unpaired) electrons. The number of nitrogens with zero attached hydrogens (tertiary/aromatic N) is 1. The monoisotopic (exact) mass is 318 g/mol. The maximum Gasteiger partial charge on any atom is 0.237 e. The Hall–Kier alpha value is -1.00. The van der Waals surface area contributed by atoms with Crippen molar-refractivity contribution in [3.05, 3.63) is 35.9 Å². The fourth-order valence-electron chi connectivity index (χ4n) is 3.43. The molecule has 2 aliphatic rings. The first-order valence-corrected chi connectivity index (χ1v) is 9.64. The van der Waals surface area contributed by atoms with E-state index in [1.54, 1.807) is 0 Å². The number of carbonyl (C=O) groups is 1. The smallest absolute Gasteiger partial charge is 0.237 e. The van der Waals surface area contributed by atoms with Crippen molar-refractivity contribution in [2.75, 3.05) is 18.1 Å². The van der Waals surface area contributed by atoms with Crippen LogP contribution in [0.1, 0.15) is 37.7 Å². The van der Waals surface area contributed by atoms with E-state index in [2.05, 4.69) is 34.5 Å². The van der Waals surface area contributed by atoms with Gasteiger partial charge in [-0.2, -0.15) is 11.8 Å². The lowest BCUT2D eigenvalue weighted by atomic mass is 9.99. The van der Waals surface area contributed by atoms with Crippen molar-refractivity contribution >= 4 is 17.7 Å². The summed E-state index contributed by atoms with van der Waals surface area (Å²) in [5.41, 5.74) is 1.30. The summed E-state index contributed by atoms with van der Waals surface area (Å²) in [6.07, 6.45) is 5.63. The van der Waals surface area contributed by atoms with Crippen LogP contribution in [0.15, 0.2) is 30.3 Å². The Labute approximate surface area is 137 Å². The summed E-state index contributed by atoms with van der Waals surface area (Å²) in [6.45, 7) is 1.92. The molecule has 0 saturated carbocycles. The Morgan fingerprint density at radius 1 is 1.14 bits per heavy atom. The first-order valence-electron chi connectivity index (χ1n) is 8.49. The summed E-state index contributed by atoms with van der Waals surface area (Å²) in [5, 5.41) is 3.31. The Bertz CT molecular complexity index is 473. The Morgan fingerprint density at radius 3 is 2.68 bits per heavy atom.